The van der Waals surface area contributed by atoms with Crippen LogP contribution in [0.25, 0.3) is 0 Å². The zero-order valence-corrected chi connectivity index (χ0v) is 11.7. The Labute approximate surface area is 121 Å². The zero-order chi connectivity index (χ0) is 15.4. The molecular weight excluding hydrogens is 276 g/mol. The van der Waals surface area contributed by atoms with Crippen molar-refractivity contribution in [1.29, 1.82) is 0 Å². The Bertz CT molecular complexity index is 561. The molecule has 8 nitrogen and oxygen atoms in total. The highest BCUT2D eigenvalue weighted by molar-refractivity contribution is 6.03. The van der Waals surface area contributed by atoms with Gasteiger partial charge in [0, 0.05) is 24.4 Å². The Morgan fingerprint density at radius 1 is 1.67 bits per heavy atom. The van der Waals surface area contributed by atoms with Crippen LogP contribution in [-0.2, 0) is 4.74 Å². The number of anilines is 1. The topological polar surface area (TPSA) is 114 Å². The van der Waals surface area contributed by atoms with Crippen molar-refractivity contribution in [3.05, 3.63) is 33.9 Å². The summed E-state index contributed by atoms with van der Waals surface area (Å²) in [5.74, 6) is -0.143. The van der Waals surface area contributed by atoms with Crippen LogP contribution in [0, 0.1) is 10.1 Å². The van der Waals surface area contributed by atoms with Crippen LogP contribution < -0.4 is 10.6 Å². The summed E-state index contributed by atoms with van der Waals surface area (Å²) in [6.45, 7) is 3.86. The van der Waals surface area contributed by atoms with Crippen LogP contribution >= 0.6 is 0 Å². The molecule has 1 atom stereocenters. The van der Waals surface area contributed by atoms with Crippen LogP contribution in [0.4, 0.5) is 11.4 Å². The predicted octanol–water partition coefficient (Wildman–Crippen LogP) is 1.30. The lowest BCUT2D eigenvalue weighted by atomic mass is 10.1. The first-order valence-corrected chi connectivity index (χ1v) is 6.69. The Morgan fingerprint density at radius 3 is 3.05 bits per heavy atom. The third-order valence-corrected chi connectivity index (χ3v) is 3.58. The van der Waals surface area contributed by atoms with Crippen LogP contribution in [0.3, 0.4) is 0 Å². The third-order valence-electron chi connectivity index (χ3n) is 3.58. The van der Waals surface area contributed by atoms with Crippen molar-refractivity contribution < 1.29 is 14.9 Å². The number of morpholine rings is 1. The molecule has 0 aliphatic carbocycles. The molecular formula is C13H18N4O4. The second kappa shape index (κ2) is 6.40. The van der Waals surface area contributed by atoms with Gasteiger partial charge in [0.15, 0.2) is 5.84 Å². The van der Waals surface area contributed by atoms with Crippen molar-refractivity contribution in [2.24, 2.45) is 10.9 Å². The lowest BCUT2D eigenvalue weighted by molar-refractivity contribution is -0.384. The van der Waals surface area contributed by atoms with E-state index in [2.05, 4.69) is 10.1 Å². The monoisotopic (exact) mass is 294 g/mol. The molecule has 0 saturated carbocycles. The van der Waals surface area contributed by atoms with Gasteiger partial charge in [0.25, 0.3) is 5.69 Å². The third kappa shape index (κ3) is 3.05. The summed E-state index contributed by atoms with van der Waals surface area (Å²) in [5, 5.41) is 22.8. The number of oxime groups is 1. The van der Waals surface area contributed by atoms with Crippen molar-refractivity contribution in [3.63, 3.8) is 0 Å². The van der Waals surface area contributed by atoms with Gasteiger partial charge in [0.1, 0.15) is 0 Å². The Kier molecular flexibility index (Phi) is 4.59. The molecule has 1 aliphatic rings. The standard InChI is InChI=1S/C13H18N4O4/c1-2-9-8-21-6-5-16(9)12-4-3-10(17(19)20)7-11(12)13(14)15-18/h3-4,7,9,18H,2,5-6,8H2,1H3,(H2,14,15). The quantitative estimate of drug-likeness (QED) is 0.284. The number of amidine groups is 1. The first-order chi connectivity index (χ1) is 10.1. The van der Waals surface area contributed by atoms with Crippen LogP contribution in [-0.4, -0.2) is 41.8 Å². The Morgan fingerprint density at radius 2 is 2.43 bits per heavy atom. The van der Waals surface area contributed by atoms with Gasteiger partial charge in [-0.05, 0) is 12.5 Å². The molecule has 1 saturated heterocycles. The minimum Gasteiger partial charge on any atom is -0.409 e. The zero-order valence-electron chi connectivity index (χ0n) is 11.7. The maximum atomic E-state index is 10.9. The van der Waals surface area contributed by atoms with Crippen LogP contribution in [0.5, 0.6) is 0 Å². The molecule has 1 aliphatic heterocycles. The van der Waals surface area contributed by atoms with Gasteiger partial charge in [-0.25, -0.2) is 0 Å². The molecule has 2 rings (SSSR count). The van der Waals surface area contributed by atoms with Crippen molar-refractivity contribution in [2.75, 3.05) is 24.7 Å². The fourth-order valence-corrected chi connectivity index (χ4v) is 2.46. The summed E-state index contributed by atoms with van der Waals surface area (Å²) in [6, 6.07) is 4.54. The van der Waals surface area contributed by atoms with E-state index in [-0.39, 0.29) is 17.6 Å². The molecule has 0 spiro atoms. The SMILES string of the molecule is CCC1COCCN1c1ccc([N+](=O)[O-])cc1C(N)=NO. The molecule has 114 valence electrons. The maximum Gasteiger partial charge on any atom is 0.270 e. The fourth-order valence-electron chi connectivity index (χ4n) is 2.46. The highest BCUT2D eigenvalue weighted by atomic mass is 16.6. The highest BCUT2D eigenvalue weighted by Crippen LogP contribution is 2.29. The average Bonchev–Trinajstić information content (AvgIpc) is 2.53. The molecule has 1 unspecified atom stereocenters. The number of hydrogen-bond acceptors (Lipinski definition) is 6. The van der Waals surface area contributed by atoms with Crippen molar-refractivity contribution in [2.45, 2.75) is 19.4 Å². The minimum atomic E-state index is -0.505. The summed E-state index contributed by atoms with van der Waals surface area (Å²) in [6.07, 6.45) is 0.868. The van der Waals surface area contributed by atoms with Crippen molar-refractivity contribution in [3.8, 4) is 0 Å². The van der Waals surface area contributed by atoms with E-state index >= 15 is 0 Å². The normalized spacial score (nSPS) is 19.6. The first-order valence-electron chi connectivity index (χ1n) is 6.69. The van der Waals surface area contributed by atoms with Gasteiger partial charge in [-0.3, -0.25) is 10.1 Å². The van der Waals surface area contributed by atoms with Gasteiger partial charge in [0.05, 0.1) is 29.7 Å². The molecule has 0 amide bonds. The molecule has 0 radical (unpaired) electrons. The molecule has 0 bridgehead atoms. The van der Waals surface area contributed by atoms with Crippen LogP contribution in [0.2, 0.25) is 0 Å². The molecule has 1 heterocycles. The maximum absolute atomic E-state index is 10.9. The molecule has 21 heavy (non-hydrogen) atoms. The van der Waals surface area contributed by atoms with E-state index in [0.29, 0.717) is 31.0 Å². The first kappa shape index (κ1) is 15.0. The summed E-state index contributed by atoms with van der Waals surface area (Å²) < 4.78 is 5.45. The number of nitrogens with two attached hydrogens (primary N) is 1. The number of nitro benzene ring substituents is 1. The molecule has 1 aromatic carbocycles. The predicted molar refractivity (Wildman–Crippen MR) is 77.9 cm³/mol. The molecule has 1 aromatic rings. The number of nitrogens with zero attached hydrogens (tertiary/aromatic N) is 3. The lowest BCUT2D eigenvalue weighted by Gasteiger charge is -2.37. The highest BCUT2D eigenvalue weighted by Gasteiger charge is 2.26. The van der Waals surface area contributed by atoms with Gasteiger partial charge >= 0.3 is 0 Å². The van der Waals surface area contributed by atoms with Crippen molar-refractivity contribution in [1.82, 2.24) is 0 Å². The lowest BCUT2D eigenvalue weighted by Crippen LogP contribution is -2.46. The van der Waals surface area contributed by atoms with Crippen LogP contribution in [0.1, 0.15) is 18.9 Å². The number of benzene rings is 1. The van der Waals surface area contributed by atoms with Gasteiger partial charge in [0.2, 0.25) is 0 Å². The molecule has 3 N–H and O–H groups in total. The molecule has 1 fully saturated rings. The van der Waals surface area contributed by atoms with Crippen LogP contribution in [0.15, 0.2) is 23.4 Å². The van der Waals surface area contributed by atoms with Gasteiger partial charge in [-0.1, -0.05) is 12.1 Å². The summed E-state index contributed by atoms with van der Waals surface area (Å²) in [5.41, 5.74) is 6.65. The Hall–Kier alpha value is -2.35. The van der Waals surface area contributed by atoms with E-state index < -0.39 is 4.92 Å². The molecule has 0 aromatic heterocycles. The second-order valence-electron chi connectivity index (χ2n) is 4.77. The summed E-state index contributed by atoms with van der Waals surface area (Å²) in [7, 11) is 0. The van der Waals surface area contributed by atoms with E-state index in [1.54, 1.807) is 6.07 Å². The molecule has 8 heteroatoms. The number of ether oxygens (including phenoxy) is 1. The van der Waals surface area contributed by atoms with E-state index in [0.717, 1.165) is 6.42 Å². The van der Waals surface area contributed by atoms with E-state index in [1.807, 2.05) is 6.92 Å². The summed E-state index contributed by atoms with van der Waals surface area (Å²) in [4.78, 5) is 12.5. The number of non-ortho nitro benzene ring substituents is 1. The average molecular weight is 294 g/mol. The summed E-state index contributed by atoms with van der Waals surface area (Å²) >= 11 is 0. The second-order valence-corrected chi connectivity index (χ2v) is 4.77. The number of nitro groups is 1. The number of hydrogen-bond donors (Lipinski definition) is 2. The minimum absolute atomic E-state index is 0.0957. The van der Waals surface area contributed by atoms with Crippen molar-refractivity contribution >= 4 is 17.2 Å². The van der Waals surface area contributed by atoms with E-state index in [1.165, 1.54) is 12.1 Å². The fraction of sp³-hybridized carbons (Fsp3) is 0.462. The van der Waals surface area contributed by atoms with E-state index in [9.17, 15) is 10.1 Å². The van der Waals surface area contributed by atoms with Gasteiger partial charge in [-0.15, -0.1) is 0 Å². The smallest absolute Gasteiger partial charge is 0.270 e. The Balaban J connectivity index is 2.48. The van der Waals surface area contributed by atoms with Gasteiger partial charge < -0.3 is 20.6 Å². The number of rotatable bonds is 4. The van der Waals surface area contributed by atoms with Gasteiger partial charge in [-0.2, -0.15) is 0 Å². The largest absolute Gasteiger partial charge is 0.409 e. The van der Waals surface area contributed by atoms with E-state index in [4.69, 9.17) is 15.7 Å².